The van der Waals surface area contributed by atoms with Gasteiger partial charge in [-0.15, -0.1) is 13.0 Å². The SMILES string of the molecule is CCC[N+](CCC)(CCC)S(=O)(O)(O)OCC1O[C@@H](O[C@H]2[C@H](OC)C(O)[C@H](O[C@@H]3C(COC(=O)CC[C@@H](C)[C@H]4CC[C@H]5[C@@H]6CC[C@@H]7C[C@H](O)CC[C@]7(C)[C@H]6C[C@H](O)[C@]45C)O[C@@H](O[C@H]4C(OC)[C@H]5OCC4(C(=O)O)O[C@H]5O[C@@H]4C(COC(=O)CC[C@@H](C)[C@H]5CC[C@H]6[C@@H]7CC[C@@H]8C[C@H](O)CC[C@]8(C)[C@H]7C[C@H](O)[C@]56C)O[C@H](OC)C(OSOOO)[C@H]4O)C(OSOOO)[C@H]3OSOOO)OC2(CC)C(=O)OC)C(O)[C@@H](O)[C@@H]1O. The molecule has 145 heavy (non-hydrogen) atoms. The van der Waals surface area contributed by atoms with Gasteiger partial charge >= 0.3 is 34.0 Å². The van der Waals surface area contributed by atoms with Crippen LogP contribution in [0.1, 0.15) is 223 Å². The Kier molecular flexibility index (Phi) is 40.0. The van der Waals surface area contributed by atoms with E-state index in [1.807, 2.05) is 6.92 Å². The third kappa shape index (κ3) is 23.0. The number of hydrogen-bond acceptors (Lipinski definition) is 46. The van der Waals surface area contributed by atoms with E-state index in [0.717, 1.165) is 105 Å². The van der Waals surface area contributed by atoms with Gasteiger partial charge in [-0.3, -0.25) is 22.1 Å². The number of hydrogen-bond donors (Lipinski definition) is 15. The van der Waals surface area contributed by atoms with Gasteiger partial charge in [0.05, 0.1) is 57.8 Å². The molecule has 2 bridgehead atoms. The first-order chi connectivity index (χ1) is 68.9. The number of nitrogens with zero attached hydrogens (tertiary/aromatic N) is 1. The highest BCUT2D eigenvalue weighted by atomic mass is 32.3. The molecular formula is C94H158NO46S4+. The van der Waals surface area contributed by atoms with Gasteiger partial charge in [0, 0.05) is 34.2 Å². The number of quaternary nitrogens is 1. The second-order valence-corrected chi connectivity index (χ2v) is 47.9. The first-order valence-electron chi connectivity index (χ1n) is 51.4. The maximum atomic E-state index is 15.0. The second-order valence-electron chi connectivity index (χ2n) is 44.0. The largest absolute Gasteiger partial charge is 0.479 e. The Morgan fingerprint density at radius 2 is 0.952 bits per heavy atom. The molecule has 0 amide bonds. The lowest BCUT2D eigenvalue weighted by molar-refractivity contribution is -0.827. The van der Waals surface area contributed by atoms with Crippen LogP contribution >= 0.6 is 37.0 Å². The topological polar surface area (TPSA) is 629 Å². The Morgan fingerprint density at radius 3 is 1.43 bits per heavy atom. The van der Waals surface area contributed by atoms with Crippen molar-refractivity contribution < 1.29 is 224 Å². The molecule has 0 aromatic heterocycles. The van der Waals surface area contributed by atoms with E-state index in [1.165, 1.54) is 14.0 Å². The zero-order valence-corrected chi connectivity index (χ0v) is 88.1. The summed E-state index contributed by atoms with van der Waals surface area (Å²) in [4.78, 5) is 58.8. The van der Waals surface area contributed by atoms with Crippen LogP contribution in [0, 0.1) is 92.7 Å². The first kappa shape index (κ1) is 118. The van der Waals surface area contributed by atoms with Crippen LogP contribution < -0.4 is 0 Å². The van der Waals surface area contributed by atoms with Gasteiger partial charge in [-0.25, -0.2) is 42.5 Å². The predicted octanol–water partition coefficient (Wildman–Crippen LogP) is 7.11. The predicted molar refractivity (Wildman–Crippen MR) is 500 cm³/mol. The van der Waals surface area contributed by atoms with E-state index >= 15 is 0 Å². The molecule has 838 valence electrons. The maximum absolute atomic E-state index is 15.0. The number of carboxylic acid groups (broad SMARTS) is 1. The van der Waals surface area contributed by atoms with Crippen molar-refractivity contribution in [1.82, 2.24) is 0 Å². The average Bonchev–Trinajstić information content (AvgIpc) is 1.50. The van der Waals surface area contributed by atoms with Crippen LogP contribution in [0.15, 0.2) is 0 Å². The van der Waals surface area contributed by atoms with Gasteiger partial charge < -0.3 is 127 Å². The Bertz CT molecular complexity index is 4250. The molecule has 7 aliphatic heterocycles. The molecule has 0 aromatic rings. The minimum atomic E-state index is -6.23. The summed E-state index contributed by atoms with van der Waals surface area (Å²) in [6, 6.07) is 0. The second kappa shape index (κ2) is 49.1. The van der Waals surface area contributed by atoms with Gasteiger partial charge in [0.15, 0.2) is 86.2 Å². The lowest BCUT2D eigenvalue weighted by Gasteiger charge is -2.62. The number of methoxy groups -OCH3 is 4. The summed E-state index contributed by atoms with van der Waals surface area (Å²) in [6.07, 6.45) is -33.6. The summed E-state index contributed by atoms with van der Waals surface area (Å²) in [7, 11) is -1.91. The van der Waals surface area contributed by atoms with Crippen LogP contribution in [0.2, 0.25) is 0 Å². The highest BCUT2D eigenvalue weighted by molar-refractivity contribution is 8.00. The van der Waals surface area contributed by atoms with Gasteiger partial charge in [0.25, 0.3) is 0 Å². The number of carbonyl (C=O) groups excluding carboxylic acids is 3. The van der Waals surface area contributed by atoms with Crippen molar-refractivity contribution in [2.24, 2.45) is 92.7 Å². The monoisotopic (exact) mass is 2160 g/mol. The molecule has 15 N–H and O–H groups in total. The van der Waals surface area contributed by atoms with Gasteiger partial charge in [-0.2, -0.15) is 4.21 Å². The fourth-order valence-electron chi connectivity index (χ4n) is 29.7. The van der Waals surface area contributed by atoms with Crippen molar-refractivity contribution in [3.05, 3.63) is 0 Å². The summed E-state index contributed by atoms with van der Waals surface area (Å²) in [5, 5.41) is 159. The Labute approximate surface area is 857 Å². The molecule has 15 rings (SSSR count). The minimum absolute atomic E-state index is 0.0234. The van der Waals surface area contributed by atoms with Crippen molar-refractivity contribution in [3.63, 3.8) is 0 Å². The zero-order valence-electron chi connectivity index (χ0n) is 84.9. The summed E-state index contributed by atoms with van der Waals surface area (Å²) in [5.41, 5.74) is -6.49. The number of carbonyl (C=O) groups is 4. The molecule has 47 nitrogen and oxygen atoms in total. The van der Waals surface area contributed by atoms with E-state index < -0.39 is 246 Å². The van der Waals surface area contributed by atoms with Gasteiger partial charge in [0.2, 0.25) is 5.60 Å². The molecule has 45 atom stereocenters. The van der Waals surface area contributed by atoms with E-state index in [9.17, 15) is 94.1 Å². The fourth-order valence-corrected chi connectivity index (χ4v) is 32.9. The molecule has 8 saturated carbocycles. The zero-order chi connectivity index (χ0) is 105. The van der Waals surface area contributed by atoms with E-state index in [0.29, 0.717) is 74.5 Å². The molecule has 7 saturated heterocycles. The quantitative estimate of drug-likeness (QED) is 0.00549. The third-order valence-electron chi connectivity index (χ3n) is 37.1. The van der Waals surface area contributed by atoms with Crippen molar-refractivity contribution in [3.8, 4) is 0 Å². The average molecular weight is 2170 g/mol. The van der Waals surface area contributed by atoms with Crippen LogP contribution in [0.5, 0.6) is 0 Å². The highest BCUT2D eigenvalue weighted by Crippen LogP contribution is 2.71. The van der Waals surface area contributed by atoms with Crippen LogP contribution in [0.4, 0.5) is 0 Å². The molecule has 0 spiro atoms. The normalized spacial score (nSPS) is 45.2. The first-order valence-corrected chi connectivity index (χ1v) is 55.2. The van der Waals surface area contributed by atoms with E-state index in [1.54, 1.807) is 20.8 Å². The van der Waals surface area contributed by atoms with Gasteiger partial charge in [-0.1, -0.05) is 84.4 Å². The number of fused-ring (bicyclic) bond motifs is 13. The van der Waals surface area contributed by atoms with E-state index in [-0.39, 0.29) is 140 Å². The minimum Gasteiger partial charge on any atom is -0.479 e. The molecule has 10 unspecified atom stereocenters. The number of carboxylic acids is 1. The molecule has 15 fully saturated rings. The fraction of sp³-hybridized carbons (Fsp3) is 0.957. The molecule has 51 heteroatoms. The molecule has 8 aliphatic carbocycles. The highest BCUT2D eigenvalue weighted by Gasteiger charge is 2.72. The van der Waals surface area contributed by atoms with E-state index in [4.69, 9.17) is 106 Å². The number of aliphatic hydroxyl groups is 9. The lowest BCUT2D eigenvalue weighted by Crippen LogP contribution is -2.77. The van der Waals surface area contributed by atoms with E-state index in [2.05, 4.69) is 54.1 Å². The standard InChI is InChI=1S/C94H157NO46S4/c1-15-35-95(36-16-2,37-17-3)145(113,114,115)123-44-60-67(102)68(103)69(104)82(124-60)129-80-74(116-11)71(106)83(131-93(80,18-4)88(109)119-14)128-73-62(43-121-66(101)30-20-47(6)55-26-28-57-53-24-22-49-39-51(97)32-34-90(49,8)59(53)41-64(99)92(55,57)10)126-85(79(135-144-141-138-112)76(73)134-143-140-137-111)130-81-77(117-12)78-86(132-94(81,45-122-78)87(107)108)127-72-61(125-84(118-13)75(70(72)105)133-142-139-136-110)42-120-65(100)29-19-46(5)54-25-27-56-52-23-21-48-38-50(96)31-33-89(48,7)58(52)40-63(98)91(54,56)9/h46-64,67-86,96-99,102-106H,15-45H2,1-14H3,(H5-,107,108,110,111,112,113,114,115)/p+1/t46-,47-,48-,49-,50-,51-,52+,53+,54-,55-,56+,57+,58+,59+,60?,61?,62?,63+,64+,67-,68+,69?,70+,71?,72-,73-,74-,75?,76+,77?,78-,79?,80+,81+,82+,83-,84+,85+,86-,89+,90+,91-,92-,93?,94?/m1/s1. The number of aliphatic carboxylic acids is 1. The maximum Gasteiger partial charge on any atom is 0.341 e. The molecule has 7 heterocycles. The summed E-state index contributed by atoms with van der Waals surface area (Å²) >= 11 is -0.277. The Balaban J connectivity index is 0.741. The molecule has 0 radical (unpaired) electrons. The van der Waals surface area contributed by atoms with Crippen molar-refractivity contribution >= 4 is 70.9 Å². The van der Waals surface area contributed by atoms with Crippen molar-refractivity contribution in [1.29, 1.82) is 0 Å². The number of ether oxygens (including phenoxy) is 16. The summed E-state index contributed by atoms with van der Waals surface area (Å²) in [6.45, 7) is 16.0. The molecule has 15 aliphatic rings. The summed E-state index contributed by atoms with van der Waals surface area (Å²) in [5.74, 6) is -2.40. The number of esters is 3. The van der Waals surface area contributed by atoms with Crippen LogP contribution in [0.3, 0.4) is 0 Å². The van der Waals surface area contributed by atoms with Crippen molar-refractivity contribution in [2.75, 3.05) is 74.5 Å². The molecular weight excluding hydrogens is 2010 g/mol. The smallest absolute Gasteiger partial charge is 0.341 e. The lowest BCUT2D eigenvalue weighted by atomic mass is 9.43. The Morgan fingerprint density at radius 1 is 0.469 bits per heavy atom. The van der Waals surface area contributed by atoms with Crippen LogP contribution in [0.25, 0.3) is 0 Å². The number of rotatable bonds is 48. The number of aliphatic hydroxyl groups excluding tert-OH is 9. The Hall–Kier alpha value is -2.44. The van der Waals surface area contributed by atoms with Crippen LogP contribution in [-0.4, -0.2) is 359 Å². The summed E-state index contributed by atoms with van der Waals surface area (Å²) < 4.78 is 176. The molecule has 0 aromatic carbocycles. The van der Waals surface area contributed by atoms with Gasteiger partial charge in [-0.05, 0) is 234 Å². The third-order valence-corrected chi connectivity index (χ3v) is 40.8. The van der Waals surface area contributed by atoms with Crippen LogP contribution in [-0.2, 0) is 150 Å². The van der Waals surface area contributed by atoms with Crippen molar-refractivity contribution in [2.45, 2.75) is 400 Å². The van der Waals surface area contributed by atoms with Gasteiger partial charge in [0.1, 0.15) is 117 Å².